The van der Waals surface area contributed by atoms with Gasteiger partial charge in [-0.25, -0.2) is 4.98 Å². The molecule has 5 nitrogen and oxygen atoms in total. The highest BCUT2D eigenvalue weighted by Gasteiger charge is 2.26. The molecule has 1 aromatic carbocycles. The Balaban J connectivity index is 2.20. The van der Waals surface area contributed by atoms with E-state index in [0.717, 1.165) is 0 Å². The number of nitrogens with one attached hydrogen (secondary N) is 2. The Morgan fingerprint density at radius 1 is 1.12 bits per heavy atom. The van der Waals surface area contributed by atoms with E-state index in [0.29, 0.717) is 16.8 Å². The van der Waals surface area contributed by atoms with Crippen molar-refractivity contribution in [3.8, 4) is 5.69 Å². The van der Waals surface area contributed by atoms with Crippen LogP contribution in [-0.4, -0.2) is 29.3 Å². The average Bonchev–Trinajstić information content (AvgIpc) is 2.59. The maximum atomic E-state index is 12.5. The minimum Gasteiger partial charge on any atom is -0.387 e. The van der Waals surface area contributed by atoms with Crippen molar-refractivity contribution in [3.05, 3.63) is 58.9 Å². The molecule has 0 fully saturated rings. The van der Waals surface area contributed by atoms with Crippen LogP contribution < -0.4 is 16.2 Å². The molecule has 0 radical (unpaired) electrons. The maximum Gasteiger partial charge on any atom is 0.405 e. The number of nitrogens with zero attached hydrogens (tertiary/aromatic N) is 2. The summed E-state index contributed by atoms with van der Waals surface area (Å²) in [6.45, 7) is -1.20. The molecule has 0 aliphatic heterocycles. The fourth-order valence-corrected chi connectivity index (χ4v) is 2.52. The number of anilines is 2. The van der Waals surface area contributed by atoms with Crippen molar-refractivity contribution < 1.29 is 13.2 Å². The molecule has 8 heteroatoms. The van der Waals surface area contributed by atoms with Gasteiger partial charge in [0.2, 0.25) is 0 Å². The van der Waals surface area contributed by atoms with Crippen molar-refractivity contribution in [1.29, 1.82) is 0 Å². The van der Waals surface area contributed by atoms with E-state index in [1.54, 1.807) is 37.4 Å². The first-order valence-corrected chi connectivity index (χ1v) is 7.49. The Morgan fingerprint density at radius 3 is 2.48 bits per heavy atom. The van der Waals surface area contributed by atoms with Crippen LogP contribution in [0.5, 0.6) is 0 Å². The van der Waals surface area contributed by atoms with E-state index in [2.05, 4.69) is 15.6 Å². The van der Waals surface area contributed by atoms with Gasteiger partial charge in [-0.15, -0.1) is 0 Å². The van der Waals surface area contributed by atoms with Crippen molar-refractivity contribution >= 4 is 22.5 Å². The van der Waals surface area contributed by atoms with Crippen LogP contribution in [0.2, 0.25) is 0 Å². The predicted molar refractivity (Wildman–Crippen MR) is 91.4 cm³/mol. The van der Waals surface area contributed by atoms with Gasteiger partial charge in [0.25, 0.3) is 5.56 Å². The van der Waals surface area contributed by atoms with Gasteiger partial charge in [0.05, 0.1) is 11.4 Å². The monoisotopic (exact) mass is 348 g/mol. The zero-order chi connectivity index (χ0) is 18.0. The molecule has 25 heavy (non-hydrogen) atoms. The lowest BCUT2D eigenvalue weighted by Gasteiger charge is -2.15. The number of alkyl halides is 3. The predicted octanol–water partition coefficient (Wildman–Crippen LogP) is 3.40. The van der Waals surface area contributed by atoms with Crippen LogP contribution in [0.15, 0.2) is 53.3 Å². The fourth-order valence-electron chi connectivity index (χ4n) is 2.52. The van der Waals surface area contributed by atoms with E-state index < -0.39 is 12.7 Å². The van der Waals surface area contributed by atoms with E-state index in [1.165, 1.54) is 16.7 Å². The minimum absolute atomic E-state index is 0.0437. The second kappa shape index (κ2) is 6.46. The molecule has 0 aliphatic rings. The molecule has 2 heterocycles. The Bertz CT molecular complexity index is 952. The average molecular weight is 348 g/mol. The molecule has 130 valence electrons. The van der Waals surface area contributed by atoms with E-state index in [9.17, 15) is 18.0 Å². The first-order valence-electron chi connectivity index (χ1n) is 7.49. The summed E-state index contributed by atoms with van der Waals surface area (Å²) in [6.07, 6.45) is -4.36. The number of hydrogen-bond acceptors (Lipinski definition) is 4. The molecular weight excluding hydrogens is 333 g/mol. The Kier molecular flexibility index (Phi) is 4.35. The van der Waals surface area contributed by atoms with E-state index in [-0.39, 0.29) is 17.0 Å². The molecule has 3 aromatic rings. The summed E-state index contributed by atoms with van der Waals surface area (Å²) in [7, 11) is 1.66. The smallest absolute Gasteiger partial charge is 0.387 e. The first kappa shape index (κ1) is 16.8. The first-order chi connectivity index (χ1) is 11.9. The van der Waals surface area contributed by atoms with Gasteiger partial charge in [-0.3, -0.25) is 9.36 Å². The summed E-state index contributed by atoms with van der Waals surface area (Å²) in [4.78, 5) is 16.8. The summed E-state index contributed by atoms with van der Waals surface area (Å²) in [5.74, 6) is 0.0437. The molecule has 0 aliphatic carbocycles. The summed E-state index contributed by atoms with van der Waals surface area (Å²) >= 11 is 0. The Hall–Kier alpha value is -3.03. The van der Waals surface area contributed by atoms with Crippen molar-refractivity contribution in [3.63, 3.8) is 0 Å². The van der Waals surface area contributed by atoms with Crippen molar-refractivity contribution in [1.82, 2.24) is 9.55 Å². The molecule has 3 rings (SSSR count). The number of para-hydroxylation sites is 1. The van der Waals surface area contributed by atoms with Gasteiger partial charge in [0, 0.05) is 18.5 Å². The molecule has 0 unspecified atom stereocenters. The molecule has 2 aromatic heterocycles. The molecule has 0 spiro atoms. The number of hydrogen-bond donors (Lipinski definition) is 2. The maximum absolute atomic E-state index is 12.5. The summed E-state index contributed by atoms with van der Waals surface area (Å²) in [5.41, 5.74) is 1.08. The lowest BCUT2D eigenvalue weighted by atomic mass is 10.2. The van der Waals surface area contributed by atoms with Crippen LogP contribution in [0.4, 0.5) is 24.7 Å². The van der Waals surface area contributed by atoms with Crippen LogP contribution >= 0.6 is 0 Å². The SMILES string of the molecule is CNc1cc(=O)n(-c2ccccc2)c2nc(NCC(F)(F)F)ccc12. The number of pyridine rings is 2. The van der Waals surface area contributed by atoms with Crippen LogP contribution in [0, 0.1) is 0 Å². The van der Waals surface area contributed by atoms with Gasteiger partial charge in [-0.05, 0) is 24.3 Å². The second-order valence-electron chi connectivity index (χ2n) is 5.35. The summed E-state index contributed by atoms with van der Waals surface area (Å²) in [5, 5.41) is 5.78. The van der Waals surface area contributed by atoms with Crippen molar-refractivity contribution in [2.75, 3.05) is 24.2 Å². The zero-order valence-corrected chi connectivity index (χ0v) is 13.3. The second-order valence-corrected chi connectivity index (χ2v) is 5.35. The number of halogens is 3. The fraction of sp³-hybridized carbons (Fsp3) is 0.176. The van der Waals surface area contributed by atoms with Crippen LogP contribution in [0.1, 0.15) is 0 Å². The van der Waals surface area contributed by atoms with E-state index in [1.807, 2.05) is 6.07 Å². The quantitative estimate of drug-likeness (QED) is 0.759. The van der Waals surface area contributed by atoms with Crippen molar-refractivity contribution in [2.24, 2.45) is 0 Å². The Labute approximate surface area is 141 Å². The number of fused-ring (bicyclic) bond motifs is 1. The van der Waals surface area contributed by atoms with Gasteiger partial charge in [0.1, 0.15) is 12.4 Å². The highest BCUT2D eigenvalue weighted by molar-refractivity contribution is 5.90. The highest BCUT2D eigenvalue weighted by Crippen LogP contribution is 2.24. The third-order valence-electron chi connectivity index (χ3n) is 3.62. The van der Waals surface area contributed by atoms with Gasteiger partial charge >= 0.3 is 6.18 Å². The van der Waals surface area contributed by atoms with Gasteiger partial charge in [-0.1, -0.05) is 18.2 Å². The molecule has 0 bridgehead atoms. The molecule has 0 saturated heterocycles. The van der Waals surface area contributed by atoms with Gasteiger partial charge in [0.15, 0.2) is 5.65 Å². The topological polar surface area (TPSA) is 59.0 Å². The minimum atomic E-state index is -4.36. The van der Waals surface area contributed by atoms with Crippen LogP contribution in [-0.2, 0) is 0 Å². The Morgan fingerprint density at radius 2 is 1.84 bits per heavy atom. The molecular formula is C17H15F3N4O. The molecule has 2 N–H and O–H groups in total. The molecule has 0 saturated carbocycles. The van der Waals surface area contributed by atoms with E-state index in [4.69, 9.17) is 0 Å². The number of benzene rings is 1. The normalized spacial score (nSPS) is 11.5. The molecule has 0 atom stereocenters. The van der Waals surface area contributed by atoms with Crippen LogP contribution in [0.3, 0.4) is 0 Å². The largest absolute Gasteiger partial charge is 0.405 e. The van der Waals surface area contributed by atoms with Crippen LogP contribution in [0.25, 0.3) is 16.7 Å². The number of aromatic nitrogens is 2. The lowest BCUT2D eigenvalue weighted by molar-refractivity contribution is -0.115. The van der Waals surface area contributed by atoms with E-state index >= 15 is 0 Å². The summed E-state index contributed by atoms with van der Waals surface area (Å²) in [6, 6.07) is 13.3. The van der Waals surface area contributed by atoms with Gasteiger partial charge in [-0.2, -0.15) is 13.2 Å². The van der Waals surface area contributed by atoms with Gasteiger partial charge < -0.3 is 10.6 Å². The standard InChI is InChI=1S/C17H15F3N4O/c1-21-13-9-15(25)24(11-5-3-2-4-6-11)16-12(13)7-8-14(23-16)22-10-17(18,19)20/h2-9,21H,10H2,1H3,(H,22,23). The summed E-state index contributed by atoms with van der Waals surface area (Å²) < 4.78 is 38.7. The molecule has 0 amide bonds. The van der Waals surface area contributed by atoms with Crippen molar-refractivity contribution in [2.45, 2.75) is 6.18 Å². The lowest BCUT2D eigenvalue weighted by Crippen LogP contribution is -2.23. The zero-order valence-electron chi connectivity index (χ0n) is 13.3. The number of rotatable bonds is 4. The highest BCUT2D eigenvalue weighted by atomic mass is 19.4. The third kappa shape index (κ3) is 3.57. The third-order valence-corrected chi connectivity index (χ3v) is 3.62.